The van der Waals surface area contributed by atoms with Crippen LogP contribution in [0.2, 0.25) is 0 Å². The number of carbonyl (C=O) groups excluding carboxylic acids is 2. The van der Waals surface area contributed by atoms with Gasteiger partial charge in [-0.2, -0.15) is 0 Å². The van der Waals surface area contributed by atoms with E-state index in [1.807, 2.05) is 0 Å². The molecule has 0 aliphatic rings. The summed E-state index contributed by atoms with van der Waals surface area (Å²) in [6, 6.07) is 10.00. The van der Waals surface area contributed by atoms with E-state index >= 15 is 0 Å². The summed E-state index contributed by atoms with van der Waals surface area (Å²) in [4.78, 5) is 34.4. The van der Waals surface area contributed by atoms with Crippen molar-refractivity contribution in [3.8, 4) is 5.75 Å². The van der Waals surface area contributed by atoms with Crippen LogP contribution in [0.4, 0.5) is 4.39 Å². The number of carboxylic acids is 1. The Kier molecular flexibility index (Phi) is 5.84. The lowest BCUT2D eigenvalue weighted by molar-refractivity contribution is -0.139. The molecule has 0 heterocycles. The molecule has 0 aliphatic heterocycles. The highest BCUT2D eigenvalue weighted by atomic mass is 19.1. The number of ether oxygens (including phenoxy) is 1. The van der Waals surface area contributed by atoms with Gasteiger partial charge in [0.05, 0.1) is 0 Å². The van der Waals surface area contributed by atoms with Crippen LogP contribution < -0.4 is 10.1 Å². The van der Waals surface area contributed by atoms with Gasteiger partial charge < -0.3 is 15.2 Å². The Balaban J connectivity index is 2.07. The molecule has 6 nitrogen and oxygen atoms in total. The monoisotopic (exact) mass is 345 g/mol. The Labute approximate surface area is 143 Å². The highest BCUT2D eigenvalue weighted by molar-refractivity contribution is 5.96. The number of halogens is 1. The van der Waals surface area contributed by atoms with Gasteiger partial charge in [0.1, 0.15) is 17.6 Å². The van der Waals surface area contributed by atoms with Crippen molar-refractivity contribution in [3.63, 3.8) is 0 Å². The average Bonchev–Trinajstić information content (AvgIpc) is 2.54. The van der Waals surface area contributed by atoms with E-state index in [-0.39, 0.29) is 17.7 Å². The van der Waals surface area contributed by atoms with E-state index in [0.29, 0.717) is 5.56 Å². The number of nitrogens with one attached hydrogen (secondary N) is 1. The van der Waals surface area contributed by atoms with E-state index in [9.17, 15) is 23.9 Å². The molecule has 0 aromatic heterocycles. The molecule has 0 saturated carbocycles. The zero-order valence-corrected chi connectivity index (χ0v) is 13.4. The van der Waals surface area contributed by atoms with Crippen molar-refractivity contribution in [2.75, 3.05) is 0 Å². The lowest BCUT2D eigenvalue weighted by Gasteiger charge is -2.15. The minimum Gasteiger partial charge on any atom is -0.480 e. The molecule has 2 rings (SSSR count). The molecular weight excluding hydrogens is 329 g/mol. The van der Waals surface area contributed by atoms with Crippen LogP contribution in [-0.2, 0) is 16.0 Å². The second kappa shape index (κ2) is 8.05. The van der Waals surface area contributed by atoms with E-state index in [1.54, 1.807) is 6.07 Å². The van der Waals surface area contributed by atoms with Gasteiger partial charge in [-0.05, 0) is 42.0 Å². The quantitative estimate of drug-likeness (QED) is 0.618. The summed E-state index contributed by atoms with van der Waals surface area (Å²) in [5.41, 5.74) is 0.666. The van der Waals surface area contributed by atoms with Gasteiger partial charge in [0, 0.05) is 18.9 Å². The summed E-state index contributed by atoms with van der Waals surface area (Å²) in [5, 5.41) is 11.7. The molecule has 0 fully saturated rings. The molecule has 0 bridgehead atoms. The van der Waals surface area contributed by atoms with Crippen LogP contribution in [0.15, 0.2) is 48.5 Å². The van der Waals surface area contributed by atoms with E-state index in [0.717, 1.165) is 0 Å². The Morgan fingerprint density at radius 1 is 1.16 bits per heavy atom. The number of esters is 1. The fourth-order valence-electron chi connectivity index (χ4n) is 2.18. The molecule has 0 radical (unpaired) electrons. The van der Waals surface area contributed by atoms with Crippen LogP contribution in [0.5, 0.6) is 5.75 Å². The number of rotatable bonds is 6. The highest BCUT2D eigenvalue weighted by Crippen LogP contribution is 2.13. The lowest BCUT2D eigenvalue weighted by Crippen LogP contribution is -2.42. The van der Waals surface area contributed by atoms with Crippen molar-refractivity contribution in [1.29, 1.82) is 0 Å². The van der Waals surface area contributed by atoms with Crippen LogP contribution in [0.25, 0.3) is 0 Å². The normalized spacial score (nSPS) is 11.4. The predicted molar refractivity (Wildman–Crippen MR) is 86.7 cm³/mol. The standard InChI is InChI=1S/C18H16FNO5/c1-11(21)25-15-7-5-13(6-8-15)17(22)20-16(18(23)24)10-12-3-2-4-14(19)9-12/h2-9,16H,10H2,1H3,(H,20,22)(H,23,24)/t16-/m1/s1. The summed E-state index contributed by atoms with van der Waals surface area (Å²) in [6.45, 7) is 1.25. The van der Waals surface area contributed by atoms with Crippen molar-refractivity contribution in [3.05, 3.63) is 65.5 Å². The maximum Gasteiger partial charge on any atom is 0.326 e. The number of amides is 1. The maximum absolute atomic E-state index is 13.2. The third-order valence-corrected chi connectivity index (χ3v) is 3.31. The maximum atomic E-state index is 13.2. The summed E-state index contributed by atoms with van der Waals surface area (Å²) in [5.74, 6) is -2.52. The number of carbonyl (C=O) groups is 3. The second-order valence-electron chi connectivity index (χ2n) is 5.32. The topological polar surface area (TPSA) is 92.7 Å². The van der Waals surface area contributed by atoms with Crippen LogP contribution in [0, 0.1) is 5.82 Å². The summed E-state index contributed by atoms with van der Waals surface area (Å²) >= 11 is 0. The molecule has 2 N–H and O–H groups in total. The molecule has 0 spiro atoms. The van der Waals surface area contributed by atoms with Gasteiger partial charge in [-0.3, -0.25) is 9.59 Å². The number of aliphatic carboxylic acids is 1. The fourth-order valence-corrected chi connectivity index (χ4v) is 2.18. The molecule has 2 aromatic carbocycles. The Morgan fingerprint density at radius 2 is 1.84 bits per heavy atom. The van der Waals surface area contributed by atoms with Gasteiger partial charge >= 0.3 is 11.9 Å². The third-order valence-electron chi connectivity index (χ3n) is 3.31. The minimum absolute atomic E-state index is 0.0512. The van der Waals surface area contributed by atoms with Gasteiger partial charge in [-0.1, -0.05) is 12.1 Å². The molecule has 130 valence electrons. The average molecular weight is 345 g/mol. The summed E-state index contributed by atoms with van der Waals surface area (Å²) in [6.07, 6.45) is -0.0512. The van der Waals surface area contributed by atoms with E-state index in [4.69, 9.17) is 4.74 Å². The van der Waals surface area contributed by atoms with Gasteiger partial charge in [0.25, 0.3) is 5.91 Å². The highest BCUT2D eigenvalue weighted by Gasteiger charge is 2.21. The number of carboxylic acid groups (broad SMARTS) is 1. The molecule has 7 heteroatoms. The molecule has 1 amide bonds. The first-order chi connectivity index (χ1) is 11.8. The molecule has 0 aliphatic carbocycles. The second-order valence-corrected chi connectivity index (χ2v) is 5.32. The van der Waals surface area contributed by atoms with E-state index in [2.05, 4.69) is 5.32 Å². The van der Waals surface area contributed by atoms with Crippen molar-refractivity contribution in [1.82, 2.24) is 5.32 Å². The van der Waals surface area contributed by atoms with E-state index in [1.165, 1.54) is 49.4 Å². The van der Waals surface area contributed by atoms with Crippen LogP contribution in [0.3, 0.4) is 0 Å². The molecular formula is C18H16FNO5. The molecule has 0 unspecified atom stereocenters. The van der Waals surface area contributed by atoms with Crippen LogP contribution >= 0.6 is 0 Å². The number of hydrogen-bond acceptors (Lipinski definition) is 4. The van der Waals surface area contributed by atoms with Crippen LogP contribution in [-0.4, -0.2) is 29.0 Å². The summed E-state index contributed by atoms with van der Waals surface area (Å²) in [7, 11) is 0. The zero-order valence-electron chi connectivity index (χ0n) is 13.4. The van der Waals surface area contributed by atoms with Crippen molar-refractivity contribution >= 4 is 17.8 Å². The Bertz CT molecular complexity index is 788. The number of benzene rings is 2. The minimum atomic E-state index is -1.23. The summed E-state index contributed by atoms with van der Waals surface area (Å²) < 4.78 is 18.1. The molecule has 25 heavy (non-hydrogen) atoms. The van der Waals surface area contributed by atoms with Crippen molar-refractivity contribution in [2.45, 2.75) is 19.4 Å². The molecule has 1 atom stereocenters. The smallest absolute Gasteiger partial charge is 0.326 e. The van der Waals surface area contributed by atoms with Gasteiger partial charge in [0.2, 0.25) is 0 Å². The predicted octanol–water partition coefficient (Wildman–Crippen LogP) is 2.18. The lowest BCUT2D eigenvalue weighted by atomic mass is 10.1. The van der Waals surface area contributed by atoms with Gasteiger partial charge in [0.15, 0.2) is 0 Å². The SMILES string of the molecule is CC(=O)Oc1ccc(C(=O)N[C@H](Cc2cccc(F)c2)C(=O)O)cc1. The third kappa shape index (κ3) is 5.42. The first-order valence-corrected chi connectivity index (χ1v) is 7.42. The largest absolute Gasteiger partial charge is 0.480 e. The first-order valence-electron chi connectivity index (χ1n) is 7.42. The fraction of sp³-hybridized carbons (Fsp3) is 0.167. The van der Waals surface area contributed by atoms with Gasteiger partial charge in [-0.15, -0.1) is 0 Å². The zero-order chi connectivity index (χ0) is 18.4. The number of hydrogen-bond donors (Lipinski definition) is 2. The first kappa shape index (κ1) is 18.1. The molecule has 0 saturated heterocycles. The van der Waals surface area contributed by atoms with Crippen molar-refractivity contribution < 1.29 is 28.6 Å². The van der Waals surface area contributed by atoms with E-state index < -0.39 is 29.7 Å². The Hall–Kier alpha value is -3.22. The van der Waals surface area contributed by atoms with Gasteiger partial charge in [-0.25, -0.2) is 9.18 Å². The van der Waals surface area contributed by atoms with Crippen LogP contribution in [0.1, 0.15) is 22.8 Å². The molecule has 2 aromatic rings. The van der Waals surface area contributed by atoms with Crippen molar-refractivity contribution in [2.24, 2.45) is 0 Å². The Morgan fingerprint density at radius 3 is 2.40 bits per heavy atom.